The van der Waals surface area contributed by atoms with Gasteiger partial charge in [-0.2, -0.15) is 0 Å². The molecule has 0 unspecified atom stereocenters. The van der Waals surface area contributed by atoms with E-state index in [1.807, 2.05) is 29.6 Å². The van der Waals surface area contributed by atoms with Crippen LogP contribution in [0.5, 0.6) is 0 Å². The summed E-state index contributed by atoms with van der Waals surface area (Å²) in [6, 6.07) is 7.52. The van der Waals surface area contributed by atoms with E-state index in [4.69, 9.17) is 5.73 Å². The first kappa shape index (κ1) is 12.4. The van der Waals surface area contributed by atoms with Crippen LogP contribution in [0.2, 0.25) is 0 Å². The monoisotopic (exact) mass is 335 g/mol. The van der Waals surface area contributed by atoms with E-state index in [9.17, 15) is 4.79 Å². The molecule has 2 heterocycles. The fourth-order valence-electron chi connectivity index (χ4n) is 1.88. The SMILES string of the molecule is Nc1cc(Cn2cnc3ccsc3c2=O)ccc1Br. The highest BCUT2D eigenvalue weighted by Gasteiger charge is 2.06. The van der Waals surface area contributed by atoms with E-state index in [1.165, 1.54) is 11.3 Å². The topological polar surface area (TPSA) is 60.9 Å². The van der Waals surface area contributed by atoms with Crippen molar-refractivity contribution in [3.05, 3.63) is 56.4 Å². The van der Waals surface area contributed by atoms with Gasteiger partial charge in [0.1, 0.15) is 4.70 Å². The number of hydrogen-bond acceptors (Lipinski definition) is 4. The van der Waals surface area contributed by atoms with E-state index in [0.717, 1.165) is 15.6 Å². The Labute approximate surface area is 121 Å². The van der Waals surface area contributed by atoms with Crippen molar-refractivity contribution in [3.8, 4) is 0 Å². The zero-order valence-electron chi connectivity index (χ0n) is 9.84. The summed E-state index contributed by atoms with van der Waals surface area (Å²) in [6.45, 7) is 0.469. The van der Waals surface area contributed by atoms with Crippen molar-refractivity contribution in [3.63, 3.8) is 0 Å². The van der Waals surface area contributed by atoms with Crippen molar-refractivity contribution < 1.29 is 0 Å². The molecule has 0 aliphatic carbocycles. The number of nitrogens with zero attached hydrogens (tertiary/aromatic N) is 2. The number of hydrogen-bond donors (Lipinski definition) is 1. The van der Waals surface area contributed by atoms with Gasteiger partial charge in [-0.1, -0.05) is 6.07 Å². The van der Waals surface area contributed by atoms with Gasteiger partial charge in [0, 0.05) is 10.2 Å². The third-order valence-electron chi connectivity index (χ3n) is 2.85. The summed E-state index contributed by atoms with van der Waals surface area (Å²) < 4.78 is 3.14. The van der Waals surface area contributed by atoms with Gasteiger partial charge in [-0.3, -0.25) is 9.36 Å². The summed E-state index contributed by atoms with van der Waals surface area (Å²) >= 11 is 4.77. The van der Waals surface area contributed by atoms with Gasteiger partial charge in [0.2, 0.25) is 0 Å². The van der Waals surface area contributed by atoms with Crippen molar-refractivity contribution >= 4 is 43.2 Å². The van der Waals surface area contributed by atoms with Crippen LogP contribution in [-0.2, 0) is 6.54 Å². The highest BCUT2D eigenvalue weighted by molar-refractivity contribution is 9.10. The van der Waals surface area contributed by atoms with Gasteiger partial charge in [0.15, 0.2) is 0 Å². The van der Waals surface area contributed by atoms with E-state index in [0.29, 0.717) is 16.9 Å². The van der Waals surface area contributed by atoms with E-state index < -0.39 is 0 Å². The van der Waals surface area contributed by atoms with Gasteiger partial charge < -0.3 is 5.73 Å². The van der Waals surface area contributed by atoms with Gasteiger partial charge in [0.25, 0.3) is 5.56 Å². The maximum atomic E-state index is 12.2. The second-order valence-electron chi connectivity index (χ2n) is 4.17. The zero-order chi connectivity index (χ0) is 13.4. The smallest absolute Gasteiger partial charge is 0.271 e. The molecule has 0 spiro atoms. The number of anilines is 1. The molecule has 96 valence electrons. The molecule has 2 aromatic heterocycles. The predicted octanol–water partition coefficient (Wildman–Crippen LogP) is 2.85. The first-order valence-corrected chi connectivity index (χ1v) is 7.29. The Balaban J connectivity index is 2.03. The summed E-state index contributed by atoms with van der Waals surface area (Å²) in [5, 5.41) is 1.88. The van der Waals surface area contributed by atoms with Crippen LogP contribution < -0.4 is 11.3 Å². The maximum Gasteiger partial charge on any atom is 0.271 e. The normalized spacial score (nSPS) is 11.0. The highest BCUT2D eigenvalue weighted by Crippen LogP contribution is 2.20. The van der Waals surface area contributed by atoms with Crippen LogP contribution in [0.4, 0.5) is 5.69 Å². The molecule has 0 aliphatic heterocycles. The summed E-state index contributed by atoms with van der Waals surface area (Å²) in [6.07, 6.45) is 1.58. The Hall–Kier alpha value is -1.66. The standard InChI is InChI=1S/C13H10BrN3OS/c14-9-2-1-8(5-10(9)15)6-17-7-16-11-3-4-19-12(11)13(17)18/h1-5,7H,6,15H2. The van der Waals surface area contributed by atoms with Crippen molar-refractivity contribution in [1.82, 2.24) is 9.55 Å². The highest BCUT2D eigenvalue weighted by atomic mass is 79.9. The lowest BCUT2D eigenvalue weighted by atomic mass is 10.2. The molecule has 0 radical (unpaired) electrons. The lowest BCUT2D eigenvalue weighted by molar-refractivity contribution is 0.750. The van der Waals surface area contributed by atoms with E-state index in [1.54, 1.807) is 10.9 Å². The first-order chi connectivity index (χ1) is 9.15. The molecule has 0 atom stereocenters. The summed E-state index contributed by atoms with van der Waals surface area (Å²) in [4.78, 5) is 16.5. The number of thiophene rings is 1. The molecule has 1 aromatic carbocycles. The van der Waals surface area contributed by atoms with E-state index in [2.05, 4.69) is 20.9 Å². The molecule has 3 aromatic rings. The number of nitrogens with two attached hydrogens (primary N) is 1. The van der Waals surface area contributed by atoms with Crippen molar-refractivity contribution in [2.24, 2.45) is 0 Å². The third kappa shape index (κ3) is 2.29. The molecule has 0 amide bonds. The molecule has 0 fully saturated rings. The maximum absolute atomic E-state index is 12.2. The fraction of sp³-hybridized carbons (Fsp3) is 0.0769. The molecular formula is C13H10BrN3OS. The van der Waals surface area contributed by atoms with E-state index >= 15 is 0 Å². The van der Waals surface area contributed by atoms with Gasteiger partial charge in [-0.15, -0.1) is 11.3 Å². The minimum atomic E-state index is -0.0125. The Kier molecular flexibility index (Phi) is 3.12. The molecule has 0 bridgehead atoms. The molecule has 19 heavy (non-hydrogen) atoms. The number of aromatic nitrogens is 2. The molecule has 6 heteroatoms. The zero-order valence-corrected chi connectivity index (χ0v) is 12.2. The second kappa shape index (κ2) is 4.79. The van der Waals surface area contributed by atoms with Crippen LogP contribution in [0.1, 0.15) is 5.56 Å². The lowest BCUT2D eigenvalue weighted by Gasteiger charge is -2.07. The summed E-state index contributed by atoms with van der Waals surface area (Å²) in [5.41, 5.74) is 8.21. The number of fused-ring (bicyclic) bond motifs is 1. The van der Waals surface area contributed by atoms with Gasteiger partial charge in [0.05, 0.1) is 18.4 Å². The van der Waals surface area contributed by atoms with Crippen molar-refractivity contribution in [2.45, 2.75) is 6.54 Å². The Morgan fingerprint density at radius 1 is 1.37 bits per heavy atom. The first-order valence-electron chi connectivity index (χ1n) is 5.62. The average Bonchev–Trinajstić information content (AvgIpc) is 2.86. The van der Waals surface area contributed by atoms with Crippen LogP contribution in [0.25, 0.3) is 10.2 Å². The molecule has 4 nitrogen and oxygen atoms in total. The van der Waals surface area contributed by atoms with Gasteiger partial charge >= 0.3 is 0 Å². The van der Waals surface area contributed by atoms with Crippen LogP contribution >= 0.6 is 27.3 Å². The molecule has 0 saturated heterocycles. The average molecular weight is 336 g/mol. The van der Waals surface area contributed by atoms with Gasteiger partial charge in [-0.25, -0.2) is 4.98 Å². The minimum absolute atomic E-state index is 0.0125. The second-order valence-corrected chi connectivity index (χ2v) is 5.94. The quantitative estimate of drug-likeness (QED) is 0.732. The molecule has 0 saturated carbocycles. The van der Waals surface area contributed by atoms with Crippen LogP contribution in [-0.4, -0.2) is 9.55 Å². The molecule has 0 aliphatic rings. The van der Waals surface area contributed by atoms with Crippen LogP contribution in [0, 0.1) is 0 Å². The minimum Gasteiger partial charge on any atom is -0.398 e. The molecular weight excluding hydrogens is 326 g/mol. The number of benzene rings is 1. The third-order valence-corrected chi connectivity index (χ3v) is 4.46. The largest absolute Gasteiger partial charge is 0.398 e. The number of halogens is 1. The van der Waals surface area contributed by atoms with Crippen molar-refractivity contribution in [1.29, 1.82) is 0 Å². The summed E-state index contributed by atoms with van der Waals surface area (Å²) in [7, 11) is 0. The molecule has 3 rings (SSSR count). The Bertz CT molecular complexity index is 809. The van der Waals surface area contributed by atoms with E-state index in [-0.39, 0.29) is 5.56 Å². The molecule has 2 N–H and O–H groups in total. The Morgan fingerprint density at radius 3 is 3.00 bits per heavy atom. The predicted molar refractivity (Wildman–Crippen MR) is 81.5 cm³/mol. The Morgan fingerprint density at radius 2 is 2.21 bits per heavy atom. The number of nitrogen functional groups attached to an aromatic ring is 1. The number of rotatable bonds is 2. The van der Waals surface area contributed by atoms with Gasteiger partial charge in [-0.05, 0) is 45.1 Å². The lowest BCUT2D eigenvalue weighted by Crippen LogP contribution is -2.20. The van der Waals surface area contributed by atoms with Crippen LogP contribution in [0.15, 0.2) is 45.2 Å². The summed E-state index contributed by atoms with van der Waals surface area (Å²) in [5.74, 6) is 0. The van der Waals surface area contributed by atoms with Crippen LogP contribution in [0.3, 0.4) is 0 Å². The fourth-order valence-corrected chi connectivity index (χ4v) is 2.92. The van der Waals surface area contributed by atoms with Crippen molar-refractivity contribution in [2.75, 3.05) is 5.73 Å².